The fourth-order valence-electron chi connectivity index (χ4n) is 2.25. The first-order valence-corrected chi connectivity index (χ1v) is 4.28. The van der Waals surface area contributed by atoms with E-state index < -0.39 is 35.6 Å². The van der Waals surface area contributed by atoms with Gasteiger partial charge in [0.2, 0.25) is 0 Å². The molecule has 2 aliphatic rings. The van der Waals surface area contributed by atoms with Crippen molar-refractivity contribution in [3.63, 3.8) is 0 Å². The highest BCUT2D eigenvalue weighted by Gasteiger charge is 2.66. The number of hydrogen-bond donors (Lipinski definition) is 1. The molecule has 0 aliphatic heterocycles. The van der Waals surface area contributed by atoms with E-state index in [1.54, 1.807) is 0 Å². The van der Waals surface area contributed by atoms with E-state index in [1.165, 1.54) is 0 Å². The summed E-state index contributed by atoms with van der Waals surface area (Å²) in [5.41, 5.74) is -0.825. The summed E-state index contributed by atoms with van der Waals surface area (Å²) in [4.78, 5) is 0. The summed E-state index contributed by atoms with van der Waals surface area (Å²) in [6.45, 7) is 0. The molecule has 0 aromatic carbocycles. The van der Waals surface area contributed by atoms with Gasteiger partial charge in [-0.3, -0.25) is 5.10 Å². The van der Waals surface area contributed by atoms with Gasteiger partial charge in [-0.05, 0) is 12.3 Å². The fraction of sp³-hybridized carbons (Fsp3) is 0.625. The van der Waals surface area contributed by atoms with E-state index in [2.05, 4.69) is 5.10 Å². The number of H-pyrrole nitrogens is 1. The lowest BCUT2D eigenvalue weighted by molar-refractivity contribution is -0.0268. The molecule has 1 N–H and O–H groups in total. The number of halogens is 4. The Bertz CT molecular complexity index is 398. The van der Waals surface area contributed by atoms with Crippen LogP contribution in [0.3, 0.4) is 0 Å². The normalized spacial score (nSPS) is 31.8. The second-order valence-electron chi connectivity index (χ2n) is 3.77. The maximum atomic E-state index is 13.3. The molecule has 6 heteroatoms. The summed E-state index contributed by atoms with van der Waals surface area (Å²) >= 11 is 0. The van der Waals surface area contributed by atoms with Crippen molar-refractivity contribution in [2.24, 2.45) is 5.92 Å². The Morgan fingerprint density at radius 1 is 1.43 bits per heavy atom. The van der Waals surface area contributed by atoms with Crippen LogP contribution < -0.4 is 0 Å². The highest BCUT2D eigenvalue weighted by Crippen LogP contribution is 2.67. The molecular formula is C8H6F4N2. The first kappa shape index (κ1) is 8.26. The molecular weight excluding hydrogens is 200 g/mol. The highest BCUT2D eigenvalue weighted by atomic mass is 19.3. The standard InChI is InChI=1S/C8H6F4N2/c9-7(10)5-4-2-1-3(2)8(11,12)6(4)14-13-5/h2-3,7H,1H2,(H,13,14)/t2?,3-/m1/s1. The van der Waals surface area contributed by atoms with E-state index in [0.717, 1.165) is 0 Å². The second kappa shape index (κ2) is 2.12. The molecule has 3 rings (SSSR count). The lowest BCUT2D eigenvalue weighted by Gasteiger charge is -2.08. The smallest absolute Gasteiger partial charge is 0.276 e. The van der Waals surface area contributed by atoms with Crippen molar-refractivity contribution in [2.45, 2.75) is 24.7 Å². The summed E-state index contributed by atoms with van der Waals surface area (Å²) < 4.78 is 51.4. The molecule has 0 spiro atoms. The molecule has 14 heavy (non-hydrogen) atoms. The van der Waals surface area contributed by atoms with Gasteiger partial charge in [0.05, 0.1) is 0 Å². The summed E-state index contributed by atoms with van der Waals surface area (Å²) in [5.74, 6) is -4.20. The minimum Gasteiger partial charge on any atom is -0.276 e. The van der Waals surface area contributed by atoms with Gasteiger partial charge < -0.3 is 0 Å². The third-order valence-electron chi connectivity index (χ3n) is 2.99. The van der Waals surface area contributed by atoms with Crippen molar-refractivity contribution in [3.05, 3.63) is 17.0 Å². The molecule has 2 aliphatic carbocycles. The molecule has 0 radical (unpaired) electrons. The van der Waals surface area contributed by atoms with Crippen LogP contribution in [0.5, 0.6) is 0 Å². The third-order valence-corrected chi connectivity index (χ3v) is 2.99. The number of hydrogen-bond acceptors (Lipinski definition) is 1. The fourth-order valence-corrected chi connectivity index (χ4v) is 2.25. The van der Waals surface area contributed by atoms with Crippen LogP contribution in [-0.2, 0) is 5.92 Å². The van der Waals surface area contributed by atoms with Crippen LogP contribution in [0.1, 0.15) is 35.7 Å². The molecule has 76 valence electrons. The molecule has 0 saturated heterocycles. The second-order valence-corrected chi connectivity index (χ2v) is 3.77. The molecule has 2 nitrogen and oxygen atoms in total. The van der Waals surface area contributed by atoms with Crippen LogP contribution in [0.25, 0.3) is 0 Å². The van der Waals surface area contributed by atoms with Gasteiger partial charge in [-0.25, -0.2) is 8.78 Å². The Morgan fingerprint density at radius 2 is 2.14 bits per heavy atom. The van der Waals surface area contributed by atoms with Gasteiger partial charge in [0.25, 0.3) is 12.3 Å². The number of rotatable bonds is 1. The van der Waals surface area contributed by atoms with Gasteiger partial charge in [-0.2, -0.15) is 13.9 Å². The lowest BCUT2D eigenvalue weighted by Crippen LogP contribution is -2.13. The molecule has 0 amide bonds. The van der Waals surface area contributed by atoms with Gasteiger partial charge in [-0.1, -0.05) is 0 Å². The van der Waals surface area contributed by atoms with Crippen LogP contribution in [0.2, 0.25) is 0 Å². The van der Waals surface area contributed by atoms with E-state index in [-0.39, 0.29) is 5.56 Å². The minimum absolute atomic E-state index is 0.0648. The predicted octanol–water partition coefficient (Wildman–Crippen LogP) is 2.56. The molecule has 2 atom stereocenters. The van der Waals surface area contributed by atoms with E-state index in [1.807, 2.05) is 5.10 Å². The van der Waals surface area contributed by atoms with Crippen LogP contribution in [0, 0.1) is 5.92 Å². The van der Waals surface area contributed by atoms with Crippen LogP contribution in [0.4, 0.5) is 17.6 Å². The Balaban J connectivity index is 2.17. The Hall–Kier alpha value is -1.07. The predicted molar refractivity (Wildman–Crippen MR) is 38.3 cm³/mol. The van der Waals surface area contributed by atoms with Crippen LogP contribution in [0.15, 0.2) is 0 Å². The van der Waals surface area contributed by atoms with E-state index >= 15 is 0 Å². The lowest BCUT2D eigenvalue weighted by atomic mass is 10.1. The number of alkyl halides is 4. The number of nitrogens with one attached hydrogen (secondary N) is 1. The Kier molecular flexibility index (Phi) is 1.25. The number of fused-ring (bicyclic) bond motifs is 3. The molecule has 0 bridgehead atoms. The molecule has 1 saturated carbocycles. The monoisotopic (exact) mass is 206 g/mol. The average Bonchev–Trinajstić information content (AvgIpc) is 2.70. The number of aromatic amines is 1. The average molecular weight is 206 g/mol. The molecule has 1 heterocycles. The third kappa shape index (κ3) is 0.749. The van der Waals surface area contributed by atoms with Crippen LogP contribution in [-0.4, -0.2) is 10.2 Å². The Labute approximate surface area is 76.3 Å². The summed E-state index contributed by atoms with van der Waals surface area (Å²) in [6.07, 6.45) is -2.44. The SMILES string of the molecule is FC(F)c1[nH]nc2c1C1C[C@H]1C2(F)F. The van der Waals surface area contributed by atoms with Gasteiger partial charge >= 0.3 is 0 Å². The zero-order valence-corrected chi connectivity index (χ0v) is 6.90. The summed E-state index contributed by atoms with van der Waals surface area (Å²) in [6, 6.07) is 0. The highest BCUT2D eigenvalue weighted by molar-refractivity contribution is 5.45. The molecule has 1 aromatic heterocycles. The molecule has 1 fully saturated rings. The van der Waals surface area contributed by atoms with Crippen molar-refractivity contribution >= 4 is 0 Å². The maximum absolute atomic E-state index is 13.3. The van der Waals surface area contributed by atoms with Gasteiger partial charge in [-0.15, -0.1) is 0 Å². The quantitative estimate of drug-likeness (QED) is 0.703. The van der Waals surface area contributed by atoms with Gasteiger partial charge in [0.1, 0.15) is 11.4 Å². The largest absolute Gasteiger partial charge is 0.295 e. The minimum atomic E-state index is -3.01. The van der Waals surface area contributed by atoms with Crippen molar-refractivity contribution in [3.8, 4) is 0 Å². The Morgan fingerprint density at radius 3 is 2.79 bits per heavy atom. The summed E-state index contributed by atoms with van der Waals surface area (Å²) in [7, 11) is 0. The topological polar surface area (TPSA) is 28.7 Å². The molecule has 1 aromatic rings. The first-order chi connectivity index (χ1) is 6.53. The molecule has 1 unspecified atom stereocenters. The zero-order chi connectivity index (χ0) is 10.1. The zero-order valence-electron chi connectivity index (χ0n) is 6.90. The van der Waals surface area contributed by atoms with Crippen molar-refractivity contribution < 1.29 is 17.6 Å². The van der Waals surface area contributed by atoms with Crippen LogP contribution >= 0.6 is 0 Å². The van der Waals surface area contributed by atoms with Gasteiger partial charge in [0.15, 0.2) is 0 Å². The maximum Gasteiger partial charge on any atom is 0.295 e. The summed E-state index contributed by atoms with van der Waals surface area (Å²) in [5, 5.41) is 5.30. The van der Waals surface area contributed by atoms with Crippen molar-refractivity contribution in [1.29, 1.82) is 0 Å². The van der Waals surface area contributed by atoms with Crippen molar-refractivity contribution in [1.82, 2.24) is 10.2 Å². The van der Waals surface area contributed by atoms with Crippen molar-refractivity contribution in [2.75, 3.05) is 0 Å². The van der Waals surface area contributed by atoms with Gasteiger partial charge in [0, 0.05) is 11.5 Å². The number of aromatic nitrogens is 2. The first-order valence-electron chi connectivity index (χ1n) is 4.28. The number of nitrogens with zero attached hydrogens (tertiary/aromatic N) is 1. The van der Waals surface area contributed by atoms with E-state index in [9.17, 15) is 17.6 Å². The van der Waals surface area contributed by atoms with E-state index in [4.69, 9.17) is 0 Å². The van der Waals surface area contributed by atoms with E-state index in [0.29, 0.717) is 6.42 Å².